The molecule has 1 atom stereocenters. The maximum absolute atomic E-state index is 13.0. The van der Waals surface area contributed by atoms with Crippen molar-refractivity contribution >= 4 is 49.7 Å². The van der Waals surface area contributed by atoms with Crippen molar-refractivity contribution < 1.29 is 22.0 Å². The molecule has 164 valence electrons. The topological polar surface area (TPSA) is 105 Å². The fourth-order valence-corrected chi connectivity index (χ4v) is 6.58. The number of nitrogens with zero attached hydrogens (tertiary/aromatic N) is 3. The van der Waals surface area contributed by atoms with Crippen LogP contribution in [0.15, 0.2) is 51.4 Å². The third-order valence-corrected chi connectivity index (χ3v) is 8.40. The van der Waals surface area contributed by atoms with E-state index in [1.54, 1.807) is 29.2 Å². The highest BCUT2D eigenvalue weighted by molar-refractivity contribution is 8.01. The van der Waals surface area contributed by atoms with Gasteiger partial charge < -0.3 is 14.6 Å². The summed E-state index contributed by atoms with van der Waals surface area (Å²) >= 11 is 2.51. The van der Waals surface area contributed by atoms with E-state index in [1.165, 1.54) is 41.5 Å². The van der Waals surface area contributed by atoms with E-state index in [9.17, 15) is 17.6 Å². The summed E-state index contributed by atoms with van der Waals surface area (Å²) in [5.74, 6) is 0.237. The minimum atomic E-state index is -3.13. The predicted octanol–water partition coefficient (Wildman–Crippen LogP) is 3.32. The first-order valence-electron chi connectivity index (χ1n) is 9.39. The second kappa shape index (κ2) is 9.37. The van der Waals surface area contributed by atoms with E-state index in [0.29, 0.717) is 27.3 Å². The summed E-state index contributed by atoms with van der Waals surface area (Å²) in [6.07, 6.45) is 1.94. The Balaban J connectivity index is 1.38. The number of carbonyl (C=O) groups is 1. The molecule has 12 heteroatoms. The van der Waals surface area contributed by atoms with Gasteiger partial charge in [-0.2, -0.15) is 0 Å². The zero-order chi connectivity index (χ0) is 21.8. The van der Waals surface area contributed by atoms with E-state index in [2.05, 4.69) is 15.5 Å². The maximum atomic E-state index is 13.0. The number of hydrogen-bond donors (Lipinski definition) is 1. The molecular formula is C19H19FN4O4S3. The molecule has 4 rings (SSSR count). The number of anilines is 2. The largest absolute Gasteiger partial charge is 0.467 e. The number of thioether (sulfide) groups is 1. The summed E-state index contributed by atoms with van der Waals surface area (Å²) in [4.78, 5) is 14.5. The average molecular weight is 483 g/mol. The standard InChI is InChI=1S/C19H19FN4O4S3/c20-13-3-5-14(6-4-13)21-18-22-23-19(30-18)29-11-17(25)24(10-16-2-1-8-28-16)15-7-9-31(26,27)12-15/h1-6,8,15H,7,9-12H2,(H,21,22)/t15-/m0/s1. The Bertz CT molecular complexity index is 1130. The number of nitrogens with one attached hydrogen (secondary N) is 1. The first kappa shape index (κ1) is 21.8. The van der Waals surface area contributed by atoms with Crippen LogP contribution in [0.25, 0.3) is 0 Å². The molecule has 0 bridgehead atoms. The van der Waals surface area contributed by atoms with Gasteiger partial charge in [-0.1, -0.05) is 23.1 Å². The molecule has 31 heavy (non-hydrogen) atoms. The van der Waals surface area contributed by atoms with Gasteiger partial charge in [0.1, 0.15) is 11.6 Å². The lowest BCUT2D eigenvalue weighted by Gasteiger charge is -2.27. The van der Waals surface area contributed by atoms with E-state index in [4.69, 9.17) is 4.42 Å². The third-order valence-electron chi connectivity index (χ3n) is 4.70. The molecule has 0 radical (unpaired) electrons. The molecule has 0 aliphatic carbocycles. The van der Waals surface area contributed by atoms with Crippen molar-refractivity contribution in [3.05, 3.63) is 54.2 Å². The molecule has 3 aromatic rings. The van der Waals surface area contributed by atoms with Gasteiger partial charge in [-0.05, 0) is 42.8 Å². The molecule has 1 N–H and O–H groups in total. The van der Waals surface area contributed by atoms with E-state index in [0.717, 1.165) is 0 Å². The highest BCUT2D eigenvalue weighted by Gasteiger charge is 2.35. The van der Waals surface area contributed by atoms with Crippen LogP contribution in [-0.2, 0) is 21.2 Å². The van der Waals surface area contributed by atoms with Crippen molar-refractivity contribution in [1.29, 1.82) is 0 Å². The molecule has 2 aromatic heterocycles. The molecule has 1 fully saturated rings. The van der Waals surface area contributed by atoms with Crippen LogP contribution in [0.2, 0.25) is 0 Å². The number of carbonyl (C=O) groups excluding carboxylic acids is 1. The molecule has 1 aliphatic heterocycles. The number of rotatable bonds is 8. The molecule has 1 saturated heterocycles. The minimum absolute atomic E-state index is 0.0331. The lowest BCUT2D eigenvalue weighted by Crippen LogP contribution is -2.41. The molecule has 3 heterocycles. The number of furan rings is 1. The third kappa shape index (κ3) is 5.83. The van der Waals surface area contributed by atoms with Crippen molar-refractivity contribution in [3.8, 4) is 0 Å². The first-order valence-corrected chi connectivity index (χ1v) is 13.0. The summed E-state index contributed by atoms with van der Waals surface area (Å²) in [6.45, 7) is 0.222. The minimum Gasteiger partial charge on any atom is -0.467 e. The van der Waals surface area contributed by atoms with Gasteiger partial charge in [-0.25, -0.2) is 12.8 Å². The fourth-order valence-electron chi connectivity index (χ4n) is 3.19. The van der Waals surface area contributed by atoms with Gasteiger partial charge in [0, 0.05) is 11.7 Å². The van der Waals surface area contributed by atoms with Crippen LogP contribution in [0.4, 0.5) is 15.2 Å². The maximum Gasteiger partial charge on any atom is 0.233 e. The molecule has 1 aromatic carbocycles. The number of amides is 1. The quantitative estimate of drug-likeness (QED) is 0.488. The van der Waals surface area contributed by atoms with E-state index in [1.807, 2.05) is 0 Å². The summed E-state index contributed by atoms with van der Waals surface area (Å²) in [6, 6.07) is 8.99. The monoisotopic (exact) mass is 482 g/mol. The molecule has 0 saturated carbocycles. The van der Waals surface area contributed by atoms with Crippen molar-refractivity contribution in [2.75, 3.05) is 22.6 Å². The van der Waals surface area contributed by atoms with E-state index in [-0.39, 0.29) is 41.6 Å². The molecular weight excluding hydrogens is 463 g/mol. The van der Waals surface area contributed by atoms with E-state index < -0.39 is 9.84 Å². The Hall–Kier alpha value is -2.44. The lowest BCUT2D eigenvalue weighted by molar-refractivity contribution is -0.131. The Labute approximate surface area is 186 Å². The summed E-state index contributed by atoms with van der Waals surface area (Å²) < 4.78 is 42.8. The molecule has 1 aliphatic rings. The van der Waals surface area contributed by atoms with Crippen molar-refractivity contribution in [1.82, 2.24) is 15.1 Å². The van der Waals surface area contributed by atoms with Crippen LogP contribution < -0.4 is 5.32 Å². The molecule has 8 nitrogen and oxygen atoms in total. The van der Waals surface area contributed by atoms with Crippen LogP contribution in [0.5, 0.6) is 0 Å². The van der Waals surface area contributed by atoms with Crippen LogP contribution in [0, 0.1) is 5.82 Å². The molecule has 0 spiro atoms. The van der Waals surface area contributed by atoms with Gasteiger partial charge in [0.2, 0.25) is 11.0 Å². The van der Waals surface area contributed by atoms with Crippen LogP contribution in [0.1, 0.15) is 12.2 Å². The number of hydrogen-bond acceptors (Lipinski definition) is 9. The highest BCUT2D eigenvalue weighted by atomic mass is 32.2. The summed E-state index contributed by atoms with van der Waals surface area (Å²) in [7, 11) is -3.13. The zero-order valence-electron chi connectivity index (χ0n) is 16.2. The Morgan fingerprint density at radius 2 is 2.10 bits per heavy atom. The normalized spacial score (nSPS) is 17.5. The van der Waals surface area contributed by atoms with Crippen LogP contribution >= 0.6 is 23.1 Å². The van der Waals surface area contributed by atoms with Gasteiger partial charge >= 0.3 is 0 Å². The van der Waals surface area contributed by atoms with Crippen molar-refractivity contribution in [3.63, 3.8) is 0 Å². The molecule has 1 amide bonds. The SMILES string of the molecule is O=C(CSc1nnc(Nc2ccc(F)cc2)s1)N(Cc1ccco1)[C@H]1CCS(=O)(=O)C1. The number of halogens is 1. The molecule has 0 unspecified atom stereocenters. The van der Waals surface area contributed by atoms with Gasteiger partial charge in [0.15, 0.2) is 14.2 Å². The first-order chi connectivity index (χ1) is 14.9. The Kier molecular flexibility index (Phi) is 6.58. The summed E-state index contributed by atoms with van der Waals surface area (Å²) in [5.41, 5.74) is 0.678. The highest BCUT2D eigenvalue weighted by Crippen LogP contribution is 2.29. The van der Waals surface area contributed by atoms with Crippen LogP contribution in [0.3, 0.4) is 0 Å². The van der Waals surface area contributed by atoms with Crippen LogP contribution in [-0.4, -0.2) is 52.7 Å². The number of sulfone groups is 1. The second-order valence-corrected chi connectivity index (χ2v) is 11.4. The predicted molar refractivity (Wildman–Crippen MR) is 117 cm³/mol. The van der Waals surface area contributed by atoms with Gasteiger partial charge in [0.25, 0.3) is 0 Å². The van der Waals surface area contributed by atoms with Gasteiger partial charge in [-0.15, -0.1) is 10.2 Å². The van der Waals surface area contributed by atoms with Gasteiger partial charge in [-0.3, -0.25) is 4.79 Å². The van der Waals surface area contributed by atoms with Crippen molar-refractivity contribution in [2.45, 2.75) is 23.3 Å². The van der Waals surface area contributed by atoms with Gasteiger partial charge in [0.05, 0.1) is 30.1 Å². The zero-order valence-corrected chi connectivity index (χ0v) is 18.7. The number of aromatic nitrogens is 2. The smallest absolute Gasteiger partial charge is 0.233 e. The Morgan fingerprint density at radius 3 is 2.77 bits per heavy atom. The second-order valence-electron chi connectivity index (χ2n) is 6.95. The van der Waals surface area contributed by atoms with E-state index >= 15 is 0 Å². The Morgan fingerprint density at radius 1 is 1.29 bits per heavy atom. The lowest BCUT2D eigenvalue weighted by atomic mass is 10.2. The van der Waals surface area contributed by atoms with Crippen molar-refractivity contribution in [2.24, 2.45) is 0 Å². The average Bonchev–Trinajstić information content (AvgIpc) is 3.48. The summed E-state index contributed by atoms with van der Waals surface area (Å²) in [5, 5.41) is 11.7. The fraction of sp³-hybridized carbons (Fsp3) is 0.316. The number of benzene rings is 1.